The smallest absolute Gasteiger partial charge is 0.261 e. The van der Waals surface area contributed by atoms with Crippen LogP contribution in [0.5, 0.6) is 0 Å². The van der Waals surface area contributed by atoms with Crippen molar-refractivity contribution >= 4 is 11.7 Å². The summed E-state index contributed by atoms with van der Waals surface area (Å²) in [6.07, 6.45) is 2.17. The number of hydrogen-bond acceptors (Lipinski definition) is 6. The highest BCUT2D eigenvalue weighted by Gasteiger charge is 2.22. The fourth-order valence-electron chi connectivity index (χ4n) is 2.73. The number of nitrogens with one attached hydrogen (secondary N) is 2. The molecule has 2 heterocycles. The summed E-state index contributed by atoms with van der Waals surface area (Å²) in [7, 11) is 0. The zero-order valence-corrected chi connectivity index (χ0v) is 14.2. The second kappa shape index (κ2) is 7.00. The van der Waals surface area contributed by atoms with Crippen LogP contribution >= 0.6 is 0 Å². The Labute approximate surface area is 144 Å². The Hall–Kier alpha value is -2.77. The second-order valence-corrected chi connectivity index (χ2v) is 6.39. The molecule has 1 aliphatic carbocycles. The number of hydrogen-bond donors (Lipinski definition) is 2. The number of carbonyl (C=O) groups excluding carboxylic acids is 2. The molecule has 25 heavy (non-hydrogen) atoms. The molecule has 3 rings (SSSR count). The molecule has 2 aromatic heterocycles. The molecule has 0 atom stereocenters. The summed E-state index contributed by atoms with van der Waals surface area (Å²) < 4.78 is 5.10. The minimum absolute atomic E-state index is 0.0429. The Morgan fingerprint density at radius 2 is 2.16 bits per heavy atom. The van der Waals surface area contributed by atoms with Crippen molar-refractivity contribution in [1.29, 1.82) is 0 Å². The fraction of sp³-hybridized carbons (Fsp3) is 0.471. The second-order valence-electron chi connectivity index (χ2n) is 6.39. The summed E-state index contributed by atoms with van der Waals surface area (Å²) >= 11 is 0. The molecule has 0 unspecified atom stereocenters. The Bertz CT molecular complexity index is 866. The number of carbonyl (C=O) groups is 2. The van der Waals surface area contributed by atoms with Gasteiger partial charge in [-0.3, -0.25) is 14.4 Å². The Morgan fingerprint density at radius 1 is 1.36 bits per heavy atom. The molecular formula is C17H20N4O4. The van der Waals surface area contributed by atoms with E-state index in [4.69, 9.17) is 4.52 Å². The van der Waals surface area contributed by atoms with Crippen LogP contribution < -0.4 is 10.9 Å². The Balaban J connectivity index is 1.66. The summed E-state index contributed by atoms with van der Waals surface area (Å²) in [5, 5.41) is 6.50. The minimum atomic E-state index is -0.522. The van der Waals surface area contributed by atoms with E-state index in [0.29, 0.717) is 42.2 Å². The van der Waals surface area contributed by atoms with E-state index in [-0.39, 0.29) is 23.8 Å². The van der Waals surface area contributed by atoms with Crippen LogP contribution in [-0.4, -0.2) is 33.4 Å². The monoisotopic (exact) mass is 344 g/mol. The van der Waals surface area contributed by atoms with E-state index < -0.39 is 11.5 Å². The van der Waals surface area contributed by atoms with Gasteiger partial charge in [-0.05, 0) is 18.9 Å². The minimum Gasteiger partial charge on any atom is -0.351 e. The number of pyridine rings is 1. The highest BCUT2D eigenvalue weighted by atomic mass is 16.5. The highest BCUT2D eigenvalue weighted by molar-refractivity contribution is 6.01. The van der Waals surface area contributed by atoms with E-state index in [9.17, 15) is 14.4 Å². The average molecular weight is 344 g/mol. The van der Waals surface area contributed by atoms with Gasteiger partial charge in [0.1, 0.15) is 5.56 Å². The first-order chi connectivity index (χ1) is 12.0. The molecule has 2 N–H and O–H groups in total. The number of aryl methyl sites for hydroxylation is 1. The standard InChI is InChI=1S/C17H20N4O4/c1-9(2)15-20-14(25-21-15)6-7-18-16(23)11-8-10-12(19-17(11)24)4-3-5-13(10)22/h8-9H,3-7H2,1-2H3,(H,18,23)(H,19,24). The van der Waals surface area contributed by atoms with Crippen molar-refractivity contribution in [2.75, 3.05) is 6.54 Å². The lowest BCUT2D eigenvalue weighted by atomic mass is 9.93. The molecule has 1 amide bonds. The third kappa shape index (κ3) is 3.67. The number of amides is 1. The zero-order valence-electron chi connectivity index (χ0n) is 14.2. The third-order valence-corrected chi connectivity index (χ3v) is 4.12. The van der Waals surface area contributed by atoms with Gasteiger partial charge >= 0.3 is 0 Å². The molecule has 0 saturated heterocycles. The predicted molar refractivity (Wildman–Crippen MR) is 88.8 cm³/mol. The van der Waals surface area contributed by atoms with Crippen LogP contribution in [-0.2, 0) is 12.8 Å². The number of aromatic amines is 1. The molecule has 0 aliphatic heterocycles. The predicted octanol–water partition coefficient (Wildman–Crippen LogP) is 1.37. The highest BCUT2D eigenvalue weighted by Crippen LogP contribution is 2.18. The van der Waals surface area contributed by atoms with Gasteiger partial charge in [0.2, 0.25) is 5.89 Å². The van der Waals surface area contributed by atoms with Crippen molar-refractivity contribution in [3.05, 3.63) is 45.0 Å². The van der Waals surface area contributed by atoms with Crippen LogP contribution in [0.25, 0.3) is 0 Å². The number of ketones is 1. The lowest BCUT2D eigenvalue weighted by Crippen LogP contribution is -2.32. The van der Waals surface area contributed by atoms with E-state index in [1.807, 2.05) is 13.8 Å². The molecule has 0 saturated carbocycles. The van der Waals surface area contributed by atoms with Crippen LogP contribution in [0.4, 0.5) is 0 Å². The summed E-state index contributed by atoms with van der Waals surface area (Å²) in [4.78, 5) is 43.2. The molecule has 0 bridgehead atoms. The summed E-state index contributed by atoms with van der Waals surface area (Å²) in [6, 6.07) is 1.40. The topological polar surface area (TPSA) is 118 Å². The van der Waals surface area contributed by atoms with E-state index in [1.54, 1.807) is 0 Å². The van der Waals surface area contributed by atoms with Crippen LogP contribution in [0, 0.1) is 0 Å². The van der Waals surface area contributed by atoms with Crippen LogP contribution in [0.1, 0.15) is 70.7 Å². The quantitative estimate of drug-likeness (QED) is 0.846. The van der Waals surface area contributed by atoms with Crippen molar-refractivity contribution in [3.63, 3.8) is 0 Å². The van der Waals surface area contributed by atoms with E-state index in [2.05, 4.69) is 20.4 Å². The summed E-state index contributed by atoms with van der Waals surface area (Å²) in [5.41, 5.74) is 0.521. The van der Waals surface area contributed by atoms with Crippen LogP contribution in [0.2, 0.25) is 0 Å². The number of Topliss-reactive ketones (excluding diaryl/α,β-unsaturated/α-hetero) is 1. The lowest BCUT2D eigenvalue weighted by Gasteiger charge is -2.14. The van der Waals surface area contributed by atoms with Crippen molar-refractivity contribution in [3.8, 4) is 0 Å². The molecule has 0 spiro atoms. The fourth-order valence-corrected chi connectivity index (χ4v) is 2.73. The maximum Gasteiger partial charge on any atom is 0.261 e. The first kappa shape index (κ1) is 17.1. The number of fused-ring (bicyclic) bond motifs is 1. The average Bonchev–Trinajstić information content (AvgIpc) is 3.03. The van der Waals surface area contributed by atoms with Crippen molar-refractivity contribution < 1.29 is 14.1 Å². The molecule has 132 valence electrons. The normalized spacial score (nSPS) is 13.8. The number of nitrogens with zero attached hydrogens (tertiary/aromatic N) is 2. The van der Waals surface area contributed by atoms with E-state index in [1.165, 1.54) is 6.07 Å². The van der Waals surface area contributed by atoms with Crippen molar-refractivity contribution in [2.45, 2.75) is 45.4 Å². The Morgan fingerprint density at radius 3 is 2.88 bits per heavy atom. The number of H-pyrrole nitrogens is 1. The third-order valence-electron chi connectivity index (χ3n) is 4.12. The molecule has 1 aliphatic rings. The van der Waals surface area contributed by atoms with Gasteiger partial charge in [0, 0.05) is 36.6 Å². The maximum atomic E-state index is 12.3. The van der Waals surface area contributed by atoms with Gasteiger partial charge in [-0.15, -0.1) is 0 Å². The van der Waals surface area contributed by atoms with Gasteiger partial charge < -0.3 is 14.8 Å². The first-order valence-corrected chi connectivity index (χ1v) is 8.35. The largest absolute Gasteiger partial charge is 0.351 e. The van der Waals surface area contributed by atoms with Gasteiger partial charge in [-0.1, -0.05) is 19.0 Å². The van der Waals surface area contributed by atoms with Crippen LogP contribution in [0.15, 0.2) is 15.4 Å². The molecule has 0 radical (unpaired) electrons. The zero-order chi connectivity index (χ0) is 18.0. The molecule has 8 nitrogen and oxygen atoms in total. The Kier molecular flexibility index (Phi) is 4.78. The molecular weight excluding hydrogens is 324 g/mol. The maximum absolute atomic E-state index is 12.3. The van der Waals surface area contributed by atoms with Crippen molar-refractivity contribution in [2.24, 2.45) is 0 Å². The van der Waals surface area contributed by atoms with E-state index in [0.717, 1.165) is 6.42 Å². The van der Waals surface area contributed by atoms with Crippen molar-refractivity contribution in [1.82, 2.24) is 20.4 Å². The number of rotatable bonds is 5. The molecule has 2 aromatic rings. The lowest BCUT2D eigenvalue weighted by molar-refractivity contribution is 0.0952. The van der Waals surface area contributed by atoms with Gasteiger partial charge in [0.15, 0.2) is 11.6 Å². The van der Waals surface area contributed by atoms with E-state index >= 15 is 0 Å². The van der Waals surface area contributed by atoms with Gasteiger partial charge in [-0.25, -0.2) is 0 Å². The molecule has 8 heteroatoms. The molecule has 0 aromatic carbocycles. The SMILES string of the molecule is CC(C)c1noc(CCNC(=O)c2cc3c([nH]c2=O)CCCC3=O)n1. The van der Waals surface area contributed by atoms with Gasteiger partial charge in [0.05, 0.1) is 0 Å². The van der Waals surface area contributed by atoms with Gasteiger partial charge in [0.25, 0.3) is 11.5 Å². The summed E-state index contributed by atoms with van der Waals surface area (Å²) in [5.74, 6) is 0.646. The van der Waals surface area contributed by atoms with Crippen LogP contribution in [0.3, 0.4) is 0 Å². The number of aromatic nitrogens is 3. The summed E-state index contributed by atoms with van der Waals surface area (Å²) in [6.45, 7) is 4.17. The molecule has 0 fully saturated rings. The van der Waals surface area contributed by atoms with Gasteiger partial charge in [-0.2, -0.15) is 4.98 Å². The first-order valence-electron chi connectivity index (χ1n) is 8.35.